The lowest BCUT2D eigenvalue weighted by Crippen LogP contribution is -2.74. The van der Waals surface area contributed by atoms with E-state index in [1.807, 2.05) is 0 Å². The van der Waals surface area contributed by atoms with E-state index in [1.165, 1.54) is 141 Å². The molecule has 0 bridgehead atoms. The molecule has 19 rings (SSSR count). The molecule has 0 unspecified atom stereocenters. The Kier molecular flexibility index (Phi) is 11.9. The maximum atomic E-state index is 3.66. The highest BCUT2D eigenvalue weighted by molar-refractivity contribution is 7.20. The fourth-order valence-electron chi connectivity index (χ4n) is 15.2. The average Bonchev–Trinajstić information content (AvgIpc) is 1.62. The van der Waals surface area contributed by atoms with E-state index in [4.69, 9.17) is 0 Å². The molecule has 0 aliphatic rings. The molecule has 14 aromatic carbocycles. The Morgan fingerprint density at radius 1 is 0.222 bits per heavy atom. The largest absolute Gasteiger partial charge is 0.354 e. The average molecular weight is 1170 g/mol. The van der Waals surface area contributed by atoms with Crippen molar-refractivity contribution in [1.29, 1.82) is 0 Å². The van der Waals surface area contributed by atoms with E-state index in [2.05, 4.69) is 363 Å². The molecule has 0 aliphatic heterocycles. The summed E-state index contributed by atoms with van der Waals surface area (Å²) in [7, 11) is -2.93. The molecule has 424 valence electrons. The quantitative estimate of drug-likeness (QED) is 0.116. The topological polar surface area (TPSA) is 35.5 Å². The Balaban J connectivity index is 0.000000196. The van der Waals surface area contributed by atoms with Crippen molar-refractivity contribution in [2.45, 2.75) is 0 Å². The van der Waals surface area contributed by atoms with Crippen molar-refractivity contribution in [3.05, 3.63) is 340 Å². The van der Waals surface area contributed by atoms with Crippen LogP contribution in [0.5, 0.6) is 0 Å². The van der Waals surface area contributed by atoms with Crippen LogP contribution in [0.1, 0.15) is 1.43 Å². The second kappa shape index (κ2) is 20.7. The van der Waals surface area contributed by atoms with Gasteiger partial charge >= 0.3 is 0 Å². The summed E-state index contributed by atoms with van der Waals surface area (Å²) in [6.45, 7) is 0. The minimum Gasteiger partial charge on any atom is -0.354 e. The number of rotatable bonds is 8. The molecule has 6 heteroatoms. The molecule has 0 atom stereocenters. The summed E-state index contributed by atoms with van der Waals surface area (Å²) in [5.74, 6) is 0. The molecular weight excluding hydrogens is 1110 g/mol. The second-order valence-corrected chi connectivity index (χ2v) is 27.4. The maximum absolute atomic E-state index is 3.66. The van der Waals surface area contributed by atoms with E-state index >= 15 is 0 Å². The van der Waals surface area contributed by atoms with E-state index in [0.717, 1.165) is 11.4 Å². The first kappa shape index (κ1) is 51.5. The van der Waals surface area contributed by atoms with Crippen molar-refractivity contribution in [1.82, 2.24) is 23.3 Å². The zero-order valence-electron chi connectivity index (χ0n) is 49.1. The van der Waals surface area contributed by atoms with E-state index in [9.17, 15) is 0 Å². The first-order chi connectivity index (χ1) is 44.7. The van der Waals surface area contributed by atoms with Gasteiger partial charge < -0.3 is 23.3 Å². The fourth-order valence-corrected chi connectivity index (χ4v) is 19.9. The zero-order valence-corrected chi connectivity index (χ0v) is 50.1. The highest BCUT2D eigenvalue weighted by Crippen LogP contribution is 2.43. The predicted molar refractivity (Wildman–Crippen MR) is 385 cm³/mol. The number of nitrogens with zero attached hydrogens (tertiary/aromatic N) is 4. The first-order valence-corrected chi connectivity index (χ1v) is 33.0. The van der Waals surface area contributed by atoms with Crippen molar-refractivity contribution >= 4 is 138 Å². The minimum absolute atomic E-state index is 0. The molecule has 0 radical (unpaired) electrons. The second-order valence-electron chi connectivity index (χ2n) is 23.6. The van der Waals surface area contributed by atoms with Gasteiger partial charge in [-0.25, -0.2) is 0 Å². The molecule has 0 saturated carbocycles. The van der Waals surface area contributed by atoms with Gasteiger partial charge in [0.1, 0.15) is 0 Å². The van der Waals surface area contributed by atoms with Gasteiger partial charge in [0.15, 0.2) is 8.07 Å². The standard InChI is InChI=1S/C60H41N3Si.C24H16N2.H2/c1-5-19-42(20-6-1)61-54-30-16-14-28-50(54)53-41-48(37-39-57(53)61)64(45-23-9-3-10-24-45,46-25-11-4-12-26-46)47-35-33-44(34-36-47)63-55-31-17-13-27-49(55)51-38-40-58-59(60(51)63)52-29-15-18-32-56(52)62(58)43-21-7-2-8-22-43;1-2-8-16(9-3-1)26-21-13-7-5-11-19(21)23-22(26)15-14-18-17-10-4-6-12-20(17)25-24(18)23;/h1-41H;1-15,25H;1H. The van der Waals surface area contributed by atoms with Crippen molar-refractivity contribution in [3.8, 4) is 22.7 Å². The van der Waals surface area contributed by atoms with Crippen LogP contribution in [0, 0.1) is 0 Å². The van der Waals surface area contributed by atoms with Gasteiger partial charge in [-0.05, 0) is 118 Å². The molecule has 90 heavy (non-hydrogen) atoms. The highest BCUT2D eigenvalue weighted by Gasteiger charge is 2.42. The van der Waals surface area contributed by atoms with Gasteiger partial charge in [-0.15, -0.1) is 0 Å². The van der Waals surface area contributed by atoms with Crippen LogP contribution in [0.2, 0.25) is 0 Å². The molecule has 0 saturated heterocycles. The number of hydrogen-bond acceptors (Lipinski definition) is 0. The molecule has 0 spiro atoms. The van der Waals surface area contributed by atoms with E-state index in [0.29, 0.717) is 0 Å². The Bertz CT molecular complexity index is 5910. The Morgan fingerprint density at radius 2 is 0.578 bits per heavy atom. The van der Waals surface area contributed by atoms with Crippen LogP contribution in [-0.2, 0) is 0 Å². The number of aromatic nitrogens is 5. The summed E-state index contributed by atoms with van der Waals surface area (Å²) in [6, 6.07) is 125. The van der Waals surface area contributed by atoms with Gasteiger partial charge in [0.2, 0.25) is 0 Å². The van der Waals surface area contributed by atoms with E-state index < -0.39 is 8.07 Å². The lowest BCUT2D eigenvalue weighted by Gasteiger charge is -2.34. The van der Waals surface area contributed by atoms with Gasteiger partial charge in [-0.1, -0.05) is 243 Å². The molecule has 0 fully saturated rings. The zero-order chi connectivity index (χ0) is 59.3. The minimum atomic E-state index is -2.93. The number of para-hydroxylation sites is 8. The molecule has 5 aromatic heterocycles. The lowest BCUT2D eigenvalue weighted by atomic mass is 10.1. The summed E-state index contributed by atoms with van der Waals surface area (Å²) >= 11 is 0. The van der Waals surface area contributed by atoms with Crippen LogP contribution in [0.15, 0.2) is 340 Å². The third kappa shape index (κ3) is 7.75. The monoisotopic (exact) mass is 1170 g/mol. The summed E-state index contributed by atoms with van der Waals surface area (Å²) in [4.78, 5) is 3.66. The number of aromatic amines is 1. The molecule has 0 aliphatic carbocycles. The first-order valence-electron chi connectivity index (χ1n) is 31.0. The third-order valence-electron chi connectivity index (χ3n) is 18.9. The highest BCUT2D eigenvalue weighted by atomic mass is 28.3. The molecular formula is C84H59N5Si. The Morgan fingerprint density at radius 3 is 1.13 bits per heavy atom. The smallest absolute Gasteiger partial charge is 0.179 e. The third-order valence-corrected chi connectivity index (χ3v) is 23.7. The molecule has 5 heterocycles. The van der Waals surface area contributed by atoms with E-state index in [1.54, 1.807) is 0 Å². The number of H-pyrrole nitrogens is 1. The van der Waals surface area contributed by atoms with Crippen LogP contribution in [0.3, 0.4) is 0 Å². The normalized spacial score (nSPS) is 12.0. The number of benzene rings is 14. The SMILES string of the molecule is [HH].c1ccc(-n2c3ccccc3c3c4[nH]c5ccccc5c4ccc32)cc1.c1ccc(-n2c3ccccc3c3cc([Si](c4ccccc4)(c4ccccc4)c4ccc(-n5c6ccccc6c6ccc7c(c8ccccc8n7-c7ccccc7)c65)cc4)ccc32)cc1. The lowest BCUT2D eigenvalue weighted by molar-refractivity contribution is 1.17. The molecule has 0 amide bonds. The van der Waals surface area contributed by atoms with Crippen molar-refractivity contribution in [3.63, 3.8) is 0 Å². The molecule has 1 N–H and O–H groups in total. The van der Waals surface area contributed by atoms with Crippen LogP contribution in [0.4, 0.5) is 0 Å². The maximum Gasteiger partial charge on any atom is 0.179 e. The Hall–Kier alpha value is -11.7. The number of hydrogen-bond donors (Lipinski definition) is 1. The van der Waals surface area contributed by atoms with Gasteiger partial charge in [-0.2, -0.15) is 0 Å². The van der Waals surface area contributed by atoms with Gasteiger partial charge in [0.05, 0.1) is 49.7 Å². The van der Waals surface area contributed by atoms with Crippen LogP contribution in [0.25, 0.3) is 132 Å². The van der Waals surface area contributed by atoms with Gasteiger partial charge in [0, 0.05) is 83.6 Å². The predicted octanol–water partition coefficient (Wildman–Crippen LogP) is 19.0. The van der Waals surface area contributed by atoms with Gasteiger partial charge in [0.25, 0.3) is 0 Å². The van der Waals surface area contributed by atoms with Crippen LogP contribution < -0.4 is 20.7 Å². The summed E-state index contributed by atoms with van der Waals surface area (Å²) in [6.07, 6.45) is 0. The Labute approximate surface area is 521 Å². The van der Waals surface area contributed by atoms with Gasteiger partial charge in [-0.3, -0.25) is 0 Å². The van der Waals surface area contributed by atoms with Crippen molar-refractivity contribution in [2.75, 3.05) is 0 Å². The number of nitrogens with one attached hydrogen (secondary N) is 1. The van der Waals surface area contributed by atoms with Crippen LogP contribution in [-0.4, -0.2) is 31.3 Å². The fraction of sp³-hybridized carbons (Fsp3) is 0. The number of fused-ring (bicyclic) bond motifs is 17. The summed E-state index contributed by atoms with van der Waals surface area (Å²) in [5, 5.41) is 18.1. The summed E-state index contributed by atoms with van der Waals surface area (Å²) < 4.78 is 9.70. The molecule has 5 nitrogen and oxygen atoms in total. The van der Waals surface area contributed by atoms with E-state index in [-0.39, 0.29) is 1.43 Å². The van der Waals surface area contributed by atoms with Crippen molar-refractivity contribution < 1.29 is 1.43 Å². The van der Waals surface area contributed by atoms with Crippen LogP contribution >= 0.6 is 0 Å². The summed E-state index contributed by atoms with van der Waals surface area (Å²) in [5.41, 5.74) is 16.8. The molecule has 19 aromatic rings. The van der Waals surface area contributed by atoms with Crippen molar-refractivity contribution in [2.24, 2.45) is 0 Å².